The Kier molecular flexibility index (Phi) is 4.49. The molecule has 0 unspecified atom stereocenters. The highest BCUT2D eigenvalue weighted by molar-refractivity contribution is 7.99. The molecule has 0 amide bonds. The Labute approximate surface area is 112 Å². The molecule has 0 atom stereocenters. The smallest absolute Gasteiger partial charge is 0.187 e. The van der Waals surface area contributed by atoms with Gasteiger partial charge in [-0.25, -0.2) is 9.66 Å². The van der Waals surface area contributed by atoms with Crippen LogP contribution in [0.15, 0.2) is 29.4 Å². The average molecular weight is 264 g/mol. The van der Waals surface area contributed by atoms with Gasteiger partial charge >= 0.3 is 0 Å². The minimum absolute atomic E-state index is 0.892. The van der Waals surface area contributed by atoms with E-state index >= 15 is 0 Å². The fraction of sp³-hybridized carbons (Fsp3) is 0.462. The lowest BCUT2D eigenvalue weighted by molar-refractivity contribution is 0.324. The first-order chi connectivity index (χ1) is 8.76. The average Bonchev–Trinajstić information content (AvgIpc) is 2.72. The molecule has 1 aromatic carbocycles. The summed E-state index contributed by atoms with van der Waals surface area (Å²) in [6, 6.07) is 7.96. The summed E-state index contributed by atoms with van der Waals surface area (Å²) in [6.07, 6.45) is 0. The van der Waals surface area contributed by atoms with Gasteiger partial charge in [-0.2, -0.15) is 0 Å². The van der Waals surface area contributed by atoms with Crippen LogP contribution >= 0.6 is 11.8 Å². The van der Waals surface area contributed by atoms with Gasteiger partial charge in [0, 0.05) is 12.3 Å². The summed E-state index contributed by atoms with van der Waals surface area (Å²) >= 11 is 1.72. The van der Waals surface area contributed by atoms with Gasteiger partial charge in [0.15, 0.2) is 5.16 Å². The van der Waals surface area contributed by atoms with E-state index in [1.54, 1.807) is 16.4 Å². The molecule has 0 aliphatic heterocycles. The van der Waals surface area contributed by atoms with Gasteiger partial charge in [0.2, 0.25) is 0 Å². The normalized spacial score (nSPS) is 11.5. The lowest BCUT2D eigenvalue weighted by Crippen LogP contribution is -2.25. The first kappa shape index (κ1) is 13.2. The van der Waals surface area contributed by atoms with E-state index in [0.29, 0.717) is 0 Å². The fourth-order valence-corrected chi connectivity index (χ4v) is 2.86. The van der Waals surface area contributed by atoms with Crippen molar-refractivity contribution < 1.29 is 0 Å². The van der Waals surface area contributed by atoms with Crippen molar-refractivity contribution in [3.63, 3.8) is 0 Å². The molecule has 2 N–H and O–H groups in total. The van der Waals surface area contributed by atoms with Gasteiger partial charge in [-0.05, 0) is 25.2 Å². The summed E-state index contributed by atoms with van der Waals surface area (Å²) in [7, 11) is 0. The van der Waals surface area contributed by atoms with E-state index in [4.69, 9.17) is 5.84 Å². The van der Waals surface area contributed by atoms with E-state index in [-0.39, 0.29) is 0 Å². The lowest BCUT2D eigenvalue weighted by atomic mass is 10.3. The zero-order valence-electron chi connectivity index (χ0n) is 11.0. The summed E-state index contributed by atoms with van der Waals surface area (Å²) in [4.78, 5) is 6.94. The van der Waals surface area contributed by atoms with Crippen LogP contribution in [0.3, 0.4) is 0 Å². The molecule has 4 nitrogen and oxygen atoms in total. The first-order valence-electron chi connectivity index (χ1n) is 6.34. The molecule has 18 heavy (non-hydrogen) atoms. The fourth-order valence-electron chi connectivity index (χ4n) is 1.93. The summed E-state index contributed by atoms with van der Waals surface area (Å²) in [5, 5.41) is 0.892. The number of hydrogen-bond acceptors (Lipinski definition) is 4. The number of nitrogen functional groups attached to an aromatic ring is 1. The van der Waals surface area contributed by atoms with Crippen LogP contribution in [0, 0.1) is 0 Å². The third-order valence-corrected chi connectivity index (χ3v) is 4.03. The molecule has 2 rings (SSSR count). The number of rotatable bonds is 6. The second-order valence-electron chi connectivity index (χ2n) is 4.13. The van der Waals surface area contributed by atoms with Gasteiger partial charge in [-0.1, -0.05) is 37.7 Å². The van der Waals surface area contributed by atoms with E-state index < -0.39 is 0 Å². The summed E-state index contributed by atoms with van der Waals surface area (Å²) in [5.41, 5.74) is 1.95. The standard InChI is InChI=1S/C13H20N4S/c1-3-16(4-2)9-10-18-13-15-11-7-5-6-8-12(11)17(13)14/h5-8H,3-4,9-10,14H2,1-2H3. The zero-order valence-corrected chi connectivity index (χ0v) is 11.8. The number of thioether (sulfide) groups is 1. The van der Waals surface area contributed by atoms with E-state index in [1.807, 2.05) is 24.3 Å². The van der Waals surface area contributed by atoms with Gasteiger partial charge in [0.25, 0.3) is 0 Å². The Morgan fingerprint density at radius 3 is 2.67 bits per heavy atom. The summed E-state index contributed by atoms with van der Waals surface area (Å²) < 4.78 is 1.68. The SMILES string of the molecule is CCN(CC)CCSc1nc2ccccc2n1N. The maximum Gasteiger partial charge on any atom is 0.187 e. The number of imidazole rings is 1. The predicted octanol–water partition coefficient (Wildman–Crippen LogP) is 2.18. The van der Waals surface area contributed by atoms with Crippen LogP contribution in [0.2, 0.25) is 0 Å². The van der Waals surface area contributed by atoms with Crippen molar-refractivity contribution in [1.82, 2.24) is 14.6 Å². The molecule has 1 heterocycles. The Morgan fingerprint density at radius 1 is 1.28 bits per heavy atom. The molecular weight excluding hydrogens is 244 g/mol. The number of hydrogen-bond donors (Lipinski definition) is 1. The molecule has 0 spiro atoms. The highest BCUT2D eigenvalue weighted by atomic mass is 32.2. The van der Waals surface area contributed by atoms with Crippen molar-refractivity contribution in [2.45, 2.75) is 19.0 Å². The van der Waals surface area contributed by atoms with Crippen LogP contribution in [0.5, 0.6) is 0 Å². The molecule has 0 aliphatic carbocycles. The molecule has 0 bridgehead atoms. The van der Waals surface area contributed by atoms with E-state index in [2.05, 4.69) is 23.7 Å². The van der Waals surface area contributed by atoms with E-state index in [1.165, 1.54) is 0 Å². The highest BCUT2D eigenvalue weighted by Gasteiger charge is 2.08. The zero-order chi connectivity index (χ0) is 13.0. The quantitative estimate of drug-likeness (QED) is 0.642. The molecule has 1 aromatic heterocycles. The Balaban J connectivity index is 2.01. The molecule has 0 fully saturated rings. The maximum absolute atomic E-state index is 6.04. The van der Waals surface area contributed by atoms with Gasteiger partial charge in [-0.3, -0.25) is 0 Å². The van der Waals surface area contributed by atoms with Crippen molar-refractivity contribution in [3.05, 3.63) is 24.3 Å². The number of nitrogens with two attached hydrogens (primary N) is 1. The van der Waals surface area contributed by atoms with Gasteiger partial charge in [0.1, 0.15) is 0 Å². The number of benzene rings is 1. The summed E-state index contributed by atoms with van der Waals surface area (Å²) in [6.45, 7) is 7.63. The molecule has 98 valence electrons. The second-order valence-corrected chi connectivity index (χ2v) is 5.19. The molecule has 2 aromatic rings. The molecule has 5 heteroatoms. The van der Waals surface area contributed by atoms with Gasteiger partial charge < -0.3 is 10.7 Å². The Morgan fingerprint density at radius 2 is 2.00 bits per heavy atom. The number of nitrogens with zero attached hydrogens (tertiary/aromatic N) is 3. The number of aromatic nitrogens is 2. The first-order valence-corrected chi connectivity index (χ1v) is 7.32. The van der Waals surface area contributed by atoms with Gasteiger partial charge in [0.05, 0.1) is 11.0 Å². The Bertz CT molecular complexity index is 505. The monoisotopic (exact) mass is 264 g/mol. The molecular formula is C13H20N4S. The van der Waals surface area contributed by atoms with Crippen LogP contribution in [-0.2, 0) is 0 Å². The van der Waals surface area contributed by atoms with E-state index in [9.17, 15) is 0 Å². The third-order valence-electron chi connectivity index (χ3n) is 3.10. The molecule has 0 radical (unpaired) electrons. The van der Waals surface area contributed by atoms with E-state index in [0.717, 1.165) is 41.6 Å². The Hall–Kier alpha value is -1.20. The maximum atomic E-state index is 6.04. The van der Waals surface area contributed by atoms with Crippen LogP contribution in [0.25, 0.3) is 11.0 Å². The largest absolute Gasteiger partial charge is 0.337 e. The van der Waals surface area contributed by atoms with Crippen molar-refractivity contribution in [2.75, 3.05) is 31.2 Å². The van der Waals surface area contributed by atoms with Crippen molar-refractivity contribution in [2.24, 2.45) is 0 Å². The summed E-state index contributed by atoms with van der Waals surface area (Å²) in [5.74, 6) is 7.06. The lowest BCUT2D eigenvalue weighted by Gasteiger charge is -2.16. The third kappa shape index (κ3) is 2.79. The van der Waals surface area contributed by atoms with Gasteiger partial charge in [-0.15, -0.1) is 0 Å². The molecule has 0 aliphatic rings. The number of para-hydroxylation sites is 2. The van der Waals surface area contributed by atoms with Crippen LogP contribution in [0.4, 0.5) is 0 Å². The topological polar surface area (TPSA) is 47.1 Å². The van der Waals surface area contributed by atoms with Crippen molar-refractivity contribution in [3.8, 4) is 0 Å². The van der Waals surface area contributed by atoms with Crippen LogP contribution in [0.1, 0.15) is 13.8 Å². The minimum atomic E-state index is 0.892. The molecule has 0 saturated carbocycles. The van der Waals surface area contributed by atoms with Crippen LogP contribution < -0.4 is 5.84 Å². The highest BCUT2D eigenvalue weighted by Crippen LogP contribution is 2.21. The minimum Gasteiger partial charge on any atom is -0.337 e. The van der Waals surface area contributed by atoms with Crippen molar-refractivity contribution >= 4 is 22.8 Å². The van der Waals surface area contributed by atoms with Crippen molar-refractivity contribution in [1.29, 1.82) is 0 Å². The second kappa shape index (κ2) is 6.11. The predicted molar refractivity (Wildman–Crippen MR) is 78.4 cm³/mol. The van der Waals surface area contributed by atoms with Crippen LogP contribution in [-0.4, -0.2) is 39.9 Å². The molecule has 0 saturated heterocycles. The number of fused-ring (bicyclic) bond motifs is 1.